The molecule has 0 aliphatic carbocycles. The van der Waals surface area contributed by atoms with E-state index in [0.29, 0.717) is 49.5 Å². The van der Waals surface area contributed by atoms with Gasteiger partial charge in [-0.1, -0.05) is 0 Å². The highest BCUT2D eigenvalue weighted by Crippen LogP contribution is 2.16. The molecule has 156 valence electrons. The fourth-order valence-corrected chi connectivity index (χ4v) is 3.82. The summed E-state index contributed by atoms with van der Waals surface area (Å²) in [5, 5.41) is 0. The molecule has 3 rings (SSSR count). The maximum Gasteiger partial charge on any atom is 0.253 e. The molecule has 1 saturated heterocycles. The lowest BCUT2D eigenvalue weighted by Gasteiger charge is -2.34. The van der Waals surface area contributed by atoms with Crippen LogP contribution in [0.25, 0.3) is 0 Å². The molecule has 0 unspecified atom stereocenters. The van der Waals surface area contributed by atoms with E-state index in [4.69, 9.17) is 0 Å². The molecule has 9 heteroatoms. The quantitative estimate of drug-likeness (QED) is 0.776. The Morgan fingerprint density at radius 2 is 1.59 bits per heavy atom. The largest absolute Gasteiger partial charge is 0.336 e. The van der Waals surface area contributed by atoms with E-state index in [0.717, 1.165) is 6.07 Å². The molecule has 1 fully saturated rings. The molecule has 2 aromatic rings. The number of carbonyl (C=O) groups is 1. The Hall–Kier alpha value is -2.52. The van der Waals surface area contributed by atoms with Crippen LogP contribution in [-0.2, 0) is 16.6 Å². The highest BCUT2D eigenvalue weighted by Gasteiger charge is 2.22. The first-order valence-corrected chi connectivity index (χ1v) is 11.0. The number of hydrogen-bond donors (Lipinski definition) is 1. The summed E-state index contributed by atoms with van der Waals surface area (Å²) in [5.74, 6) is -1.36. The van der Waals surface area contributed by atoms with Crippen LogP contribution in [0.1, 0.15) is 22.8 Å². The maximum absolute atomic E-state index is 13.3. The molecular formula is C20H23F2N3O3S. The van der Waals surface area contributed by atoms with Crippen LogP contribution in [0.15, 0.2) is 42.5 Å². The van der Waals surface area contributed by atoms with Crippen molar-refractivity contribution in [1.29, 1.82) is 0 Å². The van der Waals surface area contributed by atoms with Crippen molar-refractivity contribution in [3.05, 3.63) is 65.2 Å². The SMILES string of the molecule is CCS(=O)(=O)Nc1ccc(C(=O)N2CCN(Cc3cc(F)cc(F)c3)CC2)cc1. The summed E-state index contributed by atoms with van der Waals surface area (Å²) >= 11 is 0. The van der Waals surface area contributed by atoms with E-state index >= 15 is 0 Å². The highest BCUT2D eigenvalue weighted by molar-refractivity contribution is 7.92. The minimum atomic E-state index is -3.36. The lowest BCUT2D eigenvalue weighted by Crippen LogP contribution is -2.48. The van der Waals surface area contributed by atoms with E-state index in [1.165, 1.54) is 12.1 Å². The van der Waals surface area contributed by atoms with Gasteiger partial charge in [0.2, 0.25) is 10.0 Å². The van der Waals surface area contributed by atoms with Gasteiger partial charge in [-0.25, -0.2) is 17.2 Å². The van der Waals surface area contributed by atoms with Gasteiger partial charge in [-0.3, -0.25) is 14.4 Å². The van der Waals surface area contributed by atoms with Crippen LogP contribution in [-0.4, -0.2) is 56.1 Å². The fourth-order valence-electron chi connectivity index (χ4n) is 3.18. The number of rotatable bonds is 6. The molecule has 1 heterocycles. The van der Waals surface area contributed by atoms with Gasteiger partial charge in [-0.15, -0.1) is 0 Å². The van der Waals surface area contributed by atoms with Crippen LogP contribution in [0.4, 0.5) is 14.5 Å². The van der Waals surface area contributed by atoms with Crippen molar-refractivity contribution in [2.75, 3.05) is 36.7 Å². The van der Waals surface area contributed by atoms with Crippen molar-refractivity contribution in [2.45, 2.75) is 13.5 Å². The third-order valence-electron chi connectivity index (χ3n) is 4.77. The molecule has 2 aromatic carbocycles. The topological polar surface area (TPSA) is 69.7 Å². The van der Waals surface area contributed by atoms with Crippen LogP contribution in [0, 0.1) is 11.6 Å². The number of benzene rings is 2. The molecular weight excluding hydrogens is 400 g/mol. The van der Waals surface area contributed by atoms with Crippen molar-refractivity contribution >= 4 is 21.6 Å². The Morgan fingerprint density at radius 3 is 2.14 bits per heavy atom. The molecule has 0 spiro atoms. The number of nitrogens with zero attached hydrogens (tertiary/aromatic N) is 2. The first-order valence-electron chi connectivity index (χ1n) is 9.33. The monoisotopic (exact) mass is 423 g/mol. The Bertz CT molecular complexity index is 953. The summed E-state index contributed by atoms with van der Waals surface area (Å²) in [4.78, 5) is 16.4. The normalized spacial score (nSPS) is 15.3. The van der Waals surface area contributed by atoms with Gasteiger partial charge in [-0.05, 0) is 48.9 Å². The maximum atomic E-state index is 13.3. The molecule has 29 heavy (non-hydrogen) atoms. The van der Waals surface area contributed by atoms with E-state index in [-0.39, 0.29) is 11.7 Å². The average Bonchev–Trinajstić information content (AvgIpc) is 2.67. The zero-order valence-electron chi connectivity index (χ0n) is 16.1. The van der Waals surface area contributed by atoms with Crippen molar-refractivity contribution < 1.29 is 22.0 Å². The molecule has 1 aliphatic heterocycles. The van der Waals surface area contributed by atoms with Crippen molar-refractivity contribution in [3.8, 4) is 0 Å². The summed E-state index contributed by atoms with van der Waals surface area (Å²) < 4.78 is 52.3. The number of nitrogens with one attached hydrogen (secondary N) is 1. The first-order chi connectivity index (χ1) is 13.8. The number of halogens is 2. The zero-order valence-corrected chi connectivity index (χ0v) is 16.9. The third kappa shape index (κ3) is 5.74. The molecule has 0 aromatic heterocycles. The van der Waals surface area contributed by atoms with E-state index in [2.05, 4.69) is 4.72 Å². The van der Waals surface area contributed by atoms with E-state index in [9.17, 15) is 22.0 Å². The van der Waals surface area contributed by atoms with Crippen LogP contribution in [0.2, 0.25) is 0 Å². The molecule has 0 radical (unpaired) electrons. The smallest absolute Gasteiger partial charge is 0.253 e. The van der Waals surface area contributed by atoms with Crippen LogP contribution in [0.5, 0.6) is 0 Å². The van der Waals surface area contributed by atoms with Gasteiger partial charge in [0, 0.05) is 50.0 Å². The van der Waals surface area contributed by atoms with Crippen LogP contribution >= 0.6 is 0 Å². The van der Waals surface area contributed by atoms with Crippen LogP contribution < -0.4 is 4.72 Å². The number of carbonyl (C=O) groups excluding carboxylic acids is 1. The van der Waals surface area contributed by atoms with Gasteiger partial charge in [0.1, 0.15) is 11.6 Å². The standard InChI is InChI=1S/C20H23F2N3O3S/c1-2-29(27,28)23-19-5-3-16(4-6-19)20(26)25-9-7-24(8-10-25)14-15-11-17(21)13-18(22)12-15/h3-6,11-13,23H,2,7-10,14H2,1H3. The van der Waals surface area contributed by atoms with Crippen molar-refractivity contribution in [3.63, 3.8) is 0 Å². The Labute approximate surface area is 169 Å². The number of amides is 1. The van der Waals surface area contributed by atoms with Crippen LogP contribution in [0.3, 0.4) is 0 Å². The number of piperazine rings is 1. The lowest BCUT2D eigenvalue weighted by molar-refractivity contribution is 0.0628. The Kier molecular flexibility index (Phi) is 6.49. The third-order valence-corrected chi connectivity index (χ3v) is 6.08. The Morgan fingerprint density at radius 1 is 1.00 bits per heavy atom. The summed E-state index contributed by atoms with van der Waals surface area (Å²) in [7, 11) is -3.36. The van der Waals surface area contributed by atoms with E-state index in [1.54, 1.807) is 36.1 Å². The summed E-state index contributed by atoms with van der Waals surface area (Å²) in [6.45, 7) is 4.16. The van der Waals surface area contributed by atoms with Gasteiger partial charge in [0.05, 0.1) is 5.75 Å². The molecule has 1 aliphatic rings. The average molecular weight is 423 g/mol. The molecule has 0 saturated carbocycles. The molecule has 0 bridgehead atoms. The molecule has 6 nitrogen and oxygen atoms in total. The second-order valence-corrected chi connectivity index (χ2v) is 8.94. The second kappa shape index (κ2) is 8.87. The molecule has 0 atom stereocenters. The predicted octanol–water partition coefficient (Wildman–Crippen LogP) is 2.68. The first kappa shape index (κ1) is 21.2. The van der Waals surface area contributed by atoms with Gasteiger partial charge in [-0.2, -0.15) is 0 Å². The highest BCUT2D eigenvalue weighted by atomic mass is 32.2. The van der Waals surface area contributed by atoms with Gasteiger partial charge >= 0.3 is 0 Å². The van der Waals surface area contributed by atoms with E-state index in [1.807, 2.05) is 4.90 Å². The number of anilines is 1. The number of sulfonamides is 1. The molecule has 1 N–H and O–H groups in total. The van der Waals surface area contributed by atoms with Gasteiger partial charge in [0.25, 0.3) is 5.91 Å². The summed E-state index contributed by atoms with van der Waals surface area (Å²) in [5.41, 5.74) is 1.45. The van der Waals surface area contributed by atoms with E-state index < -0.39 is 21.7 Å². The lowest BCUT2D eigenvalue weighted by atomic mass is 10.1. The summed E-state index contributed by atoms with van der Waals surface area (Å²) in [6, 6.07) is 9.79. The van der Waals surface area contributed by atoms with Crippen molar-refractivity contribution in [1.82, 2.24) is 9.80 Å². The van der Waals surface area contributed by atoms with Gasteiger partial charge in [0.15, 0.2) is 0 Å². The Balaban J connectivity index is 1.55. The molecule has 1 amide bonds. The fraction of sp³-hybridized carbons (Fsp3) is 0.350. The number of hydrogen-bond acceptors (Lipinski definition) is 4. The minimum Gasteiger partial charge on any atom is -0.336 e. The van der Waals surface area contributed by atoms with Gasteiger partial charge < -0.3 is 4.90 Å². The predicted molar refractivity (Wildman–Crippen MR) is 107 cm³/mol. The van der Waals surface area contributed by atoms with Crippen molar-refractivity contribution in [2.24, 2.45) is 0 Å². The second-order valence-electron chi connectivity index (χ2n) is 6.93. The zero-order chi connectivity index (χ0) is 21.0. The minimum absolute atomic E-state index is 0.0276. The summed E-state index contributed by atoms with van der Waals surface area (Å²) in [6.07, 6.45) is 0.